The lowest BCUT2D eigenvalue weighted by atomic mass is 10.1. The molecule has 2 atom stereocenters. The Bertz CT molecular complexity index is 725. The van der Waals surface area contributed by atoms with Crippen molar-refractivity contribution in [2.24, 2.45) is 4.99 Å². The molecule has 2 aliphatic rings. The van der Waals surface area contributed by atoms with E-state index in [-0.39, 0.29) is 30.1 Å². The van der Waals surface area contributed by atoms with Crippen molar-refractivity contribution in [3.8, 4) is 0 Å². The van der Waals surface area contributed by atoms with Crippen LogP contribution in [0.4, 0.5) is 0 Å². The number of fused-ring (bicyclic) bond motifs is 1. The van der Waals surface area contributed by atoms with Crippen LogP contribution >= 0.6 is 35.3 Å². The number of benzene rings is 1. The highest BCUT2D eigenvalue weighted by Gasteiger charge is 2.41. The number of hydrogen-bond acceptors (Lipinski definition) is 4. The quantitative estimate of drug-likeness (QED) is 0.400. The summed E-state index contributed by atoms with van der Waals surface area (Å²) < 4.78 is 6.08. The van der Waals surface area contributed by atoms with Crippen LogP contribution in [0.15, 0.2) is 52.2 Å². The van der Waals surface area contributed by atoms with Gasteiger partial charge in [-0.15, -0.1) is 24.0 Å². The maximum Gasteiger partial charge on any atom is 0.194 e. The van der Waals surface area contributed by atoms with E-state index in [1.165, 1.54) is 11.1 Å². The number of likely N-dealkylation sites (tertiary alicyclic amines) is 1. The van der Waals surface area contributed by atoms with Gasteiger partial charge < -0.3 is 15.0 Å². The maximum atomic E-state index is 6.08. The van der Waals surface area contributed by atoms with Crippen LogP contribution in [0.25, 0.3) is 0 Å². The molecule has 1 aromatic carbocycles. The molecule has 2 aromatic rings. The lowest BCUT2D eigenvalue weighted by Crippen LogP contribution is -2.50. The fourth-order valence-electron chi connectivity index (χ4n) is 3.85. The van der Waals surface area contributed by atoms with Gasteiger partial charge in [0.05, 0.1) is 18.8 Å². The van der Waals surface area contributed by atoms with E-state index in [0.29, 0.717) is 6.04 Å². The van der Waals surface area contributed by atoms with E-state index in [2.05, 4.69) is 67.3 Å². The van der Waals surface area contributed by atoms with Gasteiger partial charge in [-0.2, -0.15) is 11.3 Å². The first-order valence-electron chi connectivity index (χ1n) is 9.20. The van der Waals surface area contributed by atoms with E-state index < -0.39 is 0 Å². The van der Waals surface area contributed by atoms with Gasteiger partial charge in [0.1, 0.15) is 0 Å². The molecular weight excluding hydrogens is 471 g/mol. The SMILES string of the molecule is CN=C(NCc1ccsc1)N1CC2OCCN(Cc3ccccc3)C2C1.I. The second-order valence-electron chi connectivity index (χ2n) is 6.87. The number of nitrogens with one attached hydrogen (secondary N) is 1. The lowest BCUT2D eigenvalue weighted by molar-refractivity contribution is -0.0502. The highest BCUT2D eigenvalue weighted by molar-refractivity contribution is 14.0. The summed E-state index contributed by atoms with van der Waals surface area (Å²) in [6.07, 6.45) is 0.257. The number of guanidine groups is 1. The largest absolute Gasteiger partial charge is 0.373 e. The molecular formula is C20H27IN4OS. The standard InChI is InChI=1S/C20H26N4OS.HI/c1-21-20(22-11-17-7-10-26-15-17)24-13-18-19(14-24)25-9-8-23(18)12-16-5-3-2-4-6-16;/h2-7,10,15,18-19H,8-9,11-14H2,1H3,(H,21,22);1H. The summed E-state index contributed by atoms with van der Waals surface area (Å²) in [5, 5.41) is 7.78. The first kappa shape index (κ1) is 20.6. The van der Waals surface area contributed by atoms with Crippen LogP contribution in [-0.4, -0.2) is 61.2 Å². The van der Waals surface area contributed by atoms with Gasteiger partial charge in [-0.05, 0) is 28.0 Å². The van der Waals surface area contributed by atoms with Crippen molar-refractivity contribution in [2.75, 3.05) is 33.3 Å². The molecule has 2 aliphatic heterocycles. The molecule has 27 heavy (non-hydrogen) atoms. The topological polar surface area (TPSA) is 40.1 Å². The van der Waals surface area contributed by atoms with Crippen LogP contribution in [0.3, 0.4) is 0 Å². The number of aliphatic imine (C=N–C) groups is 1. The van der Waals surface area contributed by atoms with E-state index in [1.54, 1.807) is 11.3 Å². The van der Waals surface area contributed by atoms with E-state index in [9.17, 15) is 0 Å². The number of halogens is 1. The molecule has 146 valence electrons. The Labute approximate surface area is 182 Å². The molecule has 2 unspecified atom stereocenters. The minimum atomic E-state index is 0. The van der Waals surface area contributed by atoms with Crippen molar-refractivity contribution < 1.29 is 4.74 Å². The van der Waals surface area contributed by atoms with Gasteiger partial charge in [0.25, 0.3) is 0 Å². The summed E-state index contributed by atoms with van der Waals surface area (Å²) in [5.74, 6) is 0.967. The Morgan fingerprint density at radius 2 is 2.07 bits per heavy atom. The molecule has 0 aliphatic carbocycles. The highest BCUT2D eigenvalue weighted by atomic mass is 127. The molecule has 0 amide bonds. The van der Waals surface area contributed by atoms with Gasteiger partial charge in [-0.25, -0.2) is 0 Å². The minimum absolute atomic E-state index is 0. The van der Waals surface area contributed by atoms with Crippen molar-refractivity contribution in [3.05, 3.63) is 58.3 Å². The Balaban J connectivity index is 0.00000210. The van der Waals surface area contributed by atoms with Crippen molar-refractivity contribution >= 4 is 41.3 Å². The second-order valence-corrected chi connectivity index (χ2v) is 7.65. The zero-order valence-corrected chi connectivity index (χ0v) is 18.7. The third kappa shape index (κ3) is 5.01. The molecule has 5 nitrogen and oxygen atoms in total. The summed E-state index contributed by atoms with van der Waals surface area (Å²) in [6.45, 7) is 5.46. The van der Waals surface area contributed by atoms with Gasteiger partial charge in [0.2, 0.25) is 0 Å². The smallest absolute Gasteiger partial charge is 0.194 e. The molecule has 3 heterocycles. The lowest BCUT2D eigenvalue weighted by Gasteiger charge is -2.36. The van der Waals surface area contributed by atoms with Crippen LogP contribution < -0.4 is 5.32 Å². The monoisotopic (exact) mass is 498 g/mol. The highest BCUT2D eigenvalue weighted by Crippen LogP contribution is 2.24. The van der Waals surface area contributed by atoms with Crippen molar-refractivity contribution in [1.82, 2.24) is 15.1 Å². The fraction of sp³-hybridized carbons (Fsp3) is 0.450. The summed E-state index contributed by atoms with van der Waals surface area (Å²) in [7, 11) is 1.86. The average molecular weight is 498 g/mol. The predicted molar refractivity (Wildman–Crippen MR) is 122 cm³/mol. The number of morpholine rings is 1. The number of thiophene rings is 1. The van der Waals surface area contributed by atoms with E-state index in [4.69, 9.17) is 4.74 Å². The van der Waals surface area contributed by atoms with E-state index >= 15 is 0 Å². The van der Waals surface area contributed by atoms with Crippen LogP contribution in [-0.2, 0) is 17.8 Å². The van der Waals surface area contributed by atoms with Gasteiger partial charge in [0.15, 0.2) is 5.96 Å². The number of ether oxygens (including phenoxy) is 1. The van der Waals surface area contributed by atoms with E-state index in [1.807, 2.05) is 7.05 Å². The Hall–Kier alpha value is -1.16. The number of nitrogens with zero attached hydrogens (tertiary/aromatic N) is 3. The van der Waals surface area contributed by atoms with E-state index in [0.717, 1.165) is 45.3 Å². The third-order valence-electron chi connectivity index (χ3n) is 5.19. The van der Waals surface area contributed by atoms with Crippen LogP contribution in [0.2, 0.25) is 0 Å². The third-order valence-corrected chi connectivity index (χ3v) is 5.92. The zero-order valence-electron chi connectivity index (χ0n) is 15.6. The number of hydrogen-bond donors (Lipinski definition) is 1. The molecule has 1 N–H and O–H groups in total. The van der Waals surface area contributed by atoms with Crippen molar-refractivity contribution in [1.29, 1.82) is 0 Å². The molecule has 0 radical (unpaired) electrons. The van der Waals surface area contributed by atoms with Gasteiger partial charge in [-0.3, -0.25) is 9.89 Å². The Kier molecular flexibility index (Phi) is 7.51. The molecule has 1 aromatic heterocycles. The van der Waals surface area contributed by atoms with Crippen LogP contribution in [0, 0.1) is 0 Å². The maximum absolute atomic E-state index is 6.08. The van der Waals surface area contributed by atoms with Crippen LogP contribution in [0.1, 0.15) is 11.1 Å². The summed E-state index contributed by atoms with van der Waals surface area (Å²) in [6, 6.07) is 13.3. The predicted octanol–water partition coefficient (Wildman–Crippen LogP) is 3.03. The van der Waals surface area contributed by atoms with Gasteiger partial charge >= 0.3 is 0 Å². The summed E-state index contributed by atoms with van der Waals surface area (Å²) in [5.41, 5.74) is 2.67. The molecule has 7 heteroatoms. The minimum Gasteiger partial charge on any atom is -0.373 e. The first-order valence-corrected chi connectivity index (χ1v) is 10.1. The zero-order chi connectivity index (χ0) is 17.8. The normalized spacial score (nSPS) is 23.0. The molecule has 2 saturated heterocycles. The molecule has 0 spiro atoms. The van der Waals surface area contributed by atoms with Gasteiger partial charge in [0, 0.05) is 39.8 Å². The Morgan fingerprint density at radius 1 is 1.22 bits per heavy atom. The van der Waals surface area contributed by atoms with Crippen molar-refractivity contribution in [3.63, 3.8) is 0 Å². The van der Waals surface area contributed by atoms with Gasteiger partial charge in [-0.1, -0.05) is 30.3 Å². The first-order chi connectivity index (χ1) is 12.8. The molecule has 4 rings (SSSR count). The Morgan fingerprint density at radius 3 is 2.81 bits per heavy atom. The molecule has 2 fully saturated rings. The van der Waals surface area contributed by atoms with Crippen LogP contribution in [0.5, 0.6) is 0 Å². The molecule has 0 bridgehead atoms. The second kappa shape index (κ2) is 9.86. The van der Waals surface area contributed by atoms with Crippen molar-refractivity contribution in [2.45, 2.75) is 25.2 Å². The summed E-state index contributed by atoms with van der Waals surface area (Å²) >= 11 is 1.73. The number of rotatable bonds is 4. The fourth-order valence-corrected chi connectivity index (χ4v) is 4.52. The summed E-state index contributed by atoms with van der Waals surface area (Å²) in [4.78, 5) is 9.40. The molecule has 0 saturated carbocycles. The average Bonchev–Trinajstić information content (AvgIpc) is 3.33.